The van der Waals surface area contributed by atoms with E-state index >= 15 is 0 Å². The number of amides is 5. The number of hydrogen-bond donors (Lipinski definition) is 5. The van der Waals surface area contributed by atoms with E-state index in [1.54, 1.807) is 47.5 Å². The van der Waals surface area contributed by atoms with Gasteiger partial charge in [-0.25, -0.2) is 4.98 Å². The van der Waals surface area contributed by atoms with Gasteiger partial charge in [-0.2, -0.15) is 0 Å². The number of carbonyl (C=O) groups is 5. The molecule has 1 aliphatic heterocycles. The highest BCUT2D eigenvalue weighted by atomic mass is 32.2. The van der Waals surface area contributed by atoms with Crippen molar-refractivity contribution < 1.29 is 33.8 Å². The number of ether oxygens (including phenoxy) is 1. The van der Waals surface area contributed by atoms with E-state index in [0.717, 1.165) is 0 Å². The second kappa shape index (κ2) is 19.6. The third-order valence-corrected chi connectivity index (χ3v) is 8.33. The first-order chi connectivity index (χ1) is 23.0. The molecule has 48 heavy (non-hydrogen) atoms. The normalized spacial score (nSPS) is 20.3. The second-order valence-corrected chi connectivity index (χ2v) is 12.9. The predicted octanol–water partition coefficient (Wildman–Crippen LogP) is 1.68. The van der Waals surface area contributed by atoms with Gasteiger partial charge in [0.2, 0.25) is 17.7 Å². The molecule has 2 bridgehead atoms. The van der Waals surface area contributed by atoms with E-state index < -0.39 is 35.9 Å². The Morgan fingerprint density at radius 1 is 0.979 bits per heavy atom. The van der Waals surface area contributed by atoms with Gasteiger partial charge in [-0.15, -0.1) is 11.8 Å². The summed E-state index contributed by atoms with van der Waals surface area (Å²) in [5, 5.41) is 22.0. The number of hydrogen-bond acceptors (Lipinski definition) is 9. The molecule has 0 spiro atoms. The zero-order valence-corrected chi connectivity index (χ0v) is 28.9. The Morgan fingerprint density at radius 2 is 1.73 bits per heavy atom. The fourth-order valence-electron chi connectivity index (χ4n) is 5.19. The Kier molecular flexibility index (Phi) is 15.6. The Labute approximate surface area is 286 Å². The van der Waals surface area contributed by atoms with E-state index in [2.05, 4.69) is 26.3 Å². The molecule has 0 saturated heterocycles. The lowest BCUT2D eigenvalue weighted by molar-refractivity contribution is -0.134. The molecule has 14 heteroatoms. The summed E-state index contributed by atoms with van der Waals surface area (Å²) in [7, 11) is 0. The van der Waals surface area contributed by atoms with Crippen molar-refractivity contribution in [3.05, 3.63) is 53.7 Å². The Hall–Kier alpha value is -4.17. The summed E-state index contributed by atoms with van der Waals surface area (Å²) in [5.41, 5.74) is 1.11. The molecule has 1 aromatic carbocycles. The largest absolute Gasteiger partial charge is 0.484 e. The summed E-state index contributed by atoms with van der Waals surface area (Å²) in [6, 6.07) is 8.07. The molecule has 0 aliphatic carbocycles. The standard InChI is InChI=1S/C34H48N6O7S/c1-22(2)18-27-31(44)39-30(23(3)41)32(45)36-13-5-6-16-40(34(46)26-12-8-14-37-33(26)48-4)17-9-15-35-29(43)21-47-25-11-7-10-24(19-25)20-28(42)38-27/h7-8,10-12,14,19,22-23,27,30,41H,5-6,9,13,15-18,20-21H2,1-4H3,(H,35,43)(H,36,45)(H,38,42)(H,39,44)/t23-,27-,30+/m1/s1. The summed E-state index contributed by atoms with van der Waals surface area (Å²) >= 11 is 1.38. The van der Waals surface area contributed by atoms with Crippen LogP contribution in [0, 0.1) is 5.92 Å². The highest BCUT2D eigenvalue weighted by Crippen LogP contribution is 2.19. The van der Waals surface area contributed by atoms with Gasteiger partial charge in [0.1, 0.15) is 22.9 Å². The minimum atomic E-state index is -1.23. The average molecular weight is 685 g/mol. The summed E-state index contributed by atoms with van der Waals surface area (Å²) in [5.74, 6) is -1.58. The number of pyridine rings is 1. The highest BCUT2D eigenvalue weighted by Gasteiger charge is 2.30. The second-order valence-electron chi connectivity index (χ2n) is 12.1. The van der Waals surface area contributed by atoms with Crippen LogP contribution in [0.2, 0.25) is 0 Å². The SMILES string of the molecule is CSc1ncccc1C(=O)N1CCCCNC(=O)[C@H]([C@@H](C)O)NC(=O)[C@@H](CC(C)C)NC(=O)Cc2cccc(c2)OCC(=O)NCCC1. The molecule has 2 aromatic rings. The molecule has 0 radical (unpaired) electrons. The van der Waals surface area contributed by atoms with E-state index in [1.807, 2.05) is 20.1 Å². The van der Waals surface area contributed by atoms with Crippen LogP contribution in [0.5, 0.6) is 5.75 Å². The molecule has 13 nitrogen and oxygen atoms in total. The van der Waals surface area contributed by atoms with Gasteiger partial charge in [0.05, 0.1) is 18.1 Å². The number of thioether (sulfide) groups is 1. The van der Waals surface area contributed by atoms with Crippen LogP contribution in [-0.4, -0.2) is 102 Å². The smallest absolute Gasteiger partial charge is 0.257 e. The van der Waals surface area contributed by atoms with Crippen LogP contribution in [0.15, 0.2) is 47.6 Å². The quantitative estimate of drug-likeness (QED) is 0.293. The molecule has 5 N–H and O–H groups in total. The number of nitrogens with zero attached hydrogens (tertiary/aromatic N) is 2. The number of aliphatic hydroxyl groups excluding tert-OH is 1. The van der Waals surface area contributed by atoms with Crippen molar-refractivity contribution in [1.29, 1.82) is 0 Å². The molecule has 0 unspecified atom stereocenters. The van der Waals surface area contributed by atoms with Gasteiger partial charge in [0.25, 0.3) is 11.8 Å². The molecule has 0 fully saturated rings. The number of rotatable bonds is 5. The van der Waals surface area contributed by atoms with Crippen LogP contribution < -0.4 is 26.0 Å². The van der Waals surface area contributed by atoms with E-state index in [1.165, 1.54) is 18.7 Å². The summed E-state index contributed by atoms with van der Waals surface area (Å²) in [6.07, 6.45) is 4.17. The number of aromatic nitrogens is 1. The maximum atomic E-state index is 13.6. The maximum Gasteiger partial charge on any atom is 0.257 e. The van der Waals surface area contributed by atoms with Crippen LogP contribution in [0.25, 0.3) is 0 Å². The lowest BCUT2D eigenvalue weighted by Gasteiger charge is -2.26. The van der Waals surface area contributed by atoms with Crippen molar-refractivity contribution in [2.45, 2.75) is 76.1 Å². The Morgan fingerprint density at radius 3 is 2.46 bits per heavy atom. The van der Waals surface area contributed by atoms with Crippen molar-refractivity contribution in [2.75, 3.05) is 39.0 Å². The molecule has 5 amide bonds. The van der Waals surface area contributed by atoms with E-state index in [9.17, 15) is 29.1 Å². The molecular weight excluding hydrogens is 636 g/mol. The van der Waals surface area contributed by atoms with Crippen LogP contribution >= 0.6 is 11.8 Å². The van der Waals surface area contributed by atoms with E-state index in [-0.39, 0.29) is 37.3 Å². The zero-order valence-electron chi connectivity index (χ0n) is 28.1. The number of aliphatic hydroxyl groups is 1. The third kappa shape index (κ3) is 12.5. The topological polar surface area (TPSA) is 179 Å². The lowest BCUT2D eigenvalue weighted by Crippen LogP contribution is -2.57. The van der Waals surface area contributed by atoms with E-state index in [0.29, 0.717) is 67.2 Å². The van der Waals surface area contributed by atoms with Crippen molar-refractivity contribution in [1.82, 2.24) is 31.2 Å². The number of benzene rings is 1. The van der Waals surface area contributed by atoms with E-state index in [4.69, 9.17) is 4.74 Å². The van der Waals surface area contributed by atoms with Gasteiger partial charge in [-0.3, -0.25) is 24.0 Å². The third-order valence-electron chi connectivity index (χ3n) is 7.62. The molecule has 3 rings (SSSR count). The van der Waals surface area contributed by atoms with Gasteiger partial charge >= 0.3 is 0 Å². The average Bonchev–Trinajstić information content (AvgIpc) is 3.05. The molecule has 1 aromatic heterocycles. The van der Waals surface area contributed by atoms with Crippen molar-refractivity contribution >= 4 is 41.3 Å². The fraction of sp³-hybridized carbons (Fsp3) is 0.529. The maximum absolute atomic E-state index is 13.6. The Bertz CT molecular complexity index is 1410. The Balaban J connectivity index is 1.79. The first kappa shape index (κ1) is 38.3. The monoisotopic (exact) mass is 684 g/mol. The minimum absolute atomic E-state index is 0.0434. The van der Waals surface area contributed by atoms with Crippen molar-refractivity contribution in [2.24, 2.45) is 5.92 Å². The first-order valence-electron chi connectivity index (χ1n) is 16.3. The van der Waals surface area contributed by atoms with Gasteiger partial charge in [-0.1, -0.05) is 26.0 Å². The van der Waals surface area contributed by atoms with Gasteiger partial charge in [0, 0.05) is 32.4 Å². The van der Waals surface area contributed by atoms with Gasteiger partial charge < -0.3 is 36.0 Å². The zero-order chi connectivity index (χ0) is 35.1. The van der Waals surface area contributed by atoms with Gasteiger partial charge in [-0.05, 0) is 74.6 Å². The first-order valence-corrected chi connectivity index (χ1v) is 17.5. The van der Waals surface area contributed by atoms with Crippen LogP contribution in [0.3, 0.4) is 0 Å². The van der Waals surface area contributed by atoms with Crippen molar-refractivity contribution in [3.63, 3.8) is 0 Å². The fourth-order valence-corrected chi connectivity index (χ4v) is 5.73. The van der Waals surface area contributed by atoms with Gasteiger partial charge in [0.15, 0.2) is 6.61 Å². The highest BCUT2D eigenvalue weighted by molar-refractivity contribution is 7.98. The predicted molar refractivity (Wildman–Crippen MR) is 182 cm³/mol. The number of nitrogens with one attached hydrogen (secondary N) is 4. The molecule has 0 saturated carbocycles. The minimum Gasteiger partial charge on any atom is -0.484 e. The summed E-state index contributed by atoms with van der Waals surface area (Å²) < 4.78 is 5.67. The summed E-state index contributed by atoms with van der Waals surface area (Å²) in [4.78, 5) is 71.5. The molecular formula is C34H48N6O7S. The molecule has 1 aliphatic rings. The molecule has 2 heterocycles. The number of fused-ring (bicyclic) bond motifs is 2. The van der Waals surface area contributed by atoms with Crippen LogP contribution in [0.4, 0.5) is 0 Å². The molecule has 3 atom stereocenters. The lowest BCUT2D eigenvalue weighted by atomic mass is 10.0. The van der Waals surface area contributed by atoms with Crippen LogP contribution in [0.1, 0.15) is 62.4 Å². The summed E-state index contributed by atoms with van der Waals surface area (Å²) in [6.45, 7) is 6.38. The number of carbonyl (C=O) groups excluding carboxylic acids is 5. The molecule has 262 valence electrons. The van der Waals surface area contributed by atoms with Crippen LogP contribution in [-0.2, 0) is 25.6 Å². The van der Waals surface area contributed by atoms with Crippen molar-refractivity contribution in [3.8, 4) is 5.75 Å².